The SMILES string of the molecule is N#Cc1ccc(Oc2ccccc2SC(Cl)Cl)cc1. The summed E-state index contributed by atoms with van der Waals surface area (Å²) >= 11 is 12.8. The molecule has 0 aliphatic carbocycles. The fourth-order valence-electron chi connectivity index (χ4n) is 1.45. The lowest BCUT2D eigenvalue weighted by atomic mass is 10.2. The number of hydrogen-bond acceptors (Lipinski definition) is 3. The highest BCUT2D eigenvalue weighted by Gasteiger charge is 2.09. The molecule has 0 aromatic heterocycles. The second kappa shape index (κ2) is 6.72. The lowest BCUT2D eigenvalue weighted by Crippen LogP contribution is -1.88. The van der Waals surface area contributed by atoms with Gasteiger partial charge in [0.1, 0.15) is 11.5 Å². The Morgan fingerprint density at radius 3 is 2.37 bits per heavy atom. The molecule has 96 valence electrons. The molecule has 0 heterocycles. The van der Waals surface area contributed by atoms with Gasteiger partial charge in [-0.1, -0.05) is 47.1 Å². The molecule has 0 fully saturated rings. The van der Waals surface area contributed by atoms with E-state index in [2.05, 4.69) is 6.07 Å². The number of hydrogen-bond donors (Lipinski definition) is 0. The van der Waals surface area contributed by atoms with Gasteiger partial charge in [0.2, 0.25) is 0 Å². The van der Waals surface area contributed by atoms with Crippen LogP contribution >= 0.6 is 35.0 Å². The van der Waals surface area contributed by atoms with Gasteiger partial charge < -0.3 is 4.74 Å². The van der Waals surface area contributed by atoms with Gasteiger partial charge in [-0.05, 0) is 36.4 Å². The fraction of sp³-hybridized carbons (Fsp3) is 0.0714. The number of nitrogens with zero attached hydrogens (tertiary/aromatic N) is 1. The van der Waals surface area contributed by atoms with Gasteiger partial charge in [-0.2, -0.15) is 5.26 Å². The van der Waals surface area contributed by atoms with E-state index >= 15 is 0 Å². The van der Waals surface area contributed by atoms with E-state index in [-0.39, 0.29) is 0 Å². The first-order valence-electron chi connectivity index (χ1n) is 5.41. The zero-order valence-electron chi connectivity index (χ0n) is 9.72. The van der Waals surface area contributed by atoms with Crippen LogP contribution in [0.15, 0.2) is 53.4 Å². The molecule has 0 aliphatic rings. The van der Waals surface area contributed by atoms with Crippen LogP contribution in [0.4, 0.5) is 0 Å². The smallest absolute Gasteiger partial charge is 0.157 e. The summed E-state index contributed by atoms with van der Waals surface area (Å²) in [5.41, 5.74) is 0.594. The Balaban J connectivity index is 2.20. The Morgan fingerprint density at radius 1 is 1.05 bits per heavy atom. The lowest BCUT2D eigenvalue weighted by Gasteiger charge is -2.10. The Kier molecular flexibility index (Phi) is 4.98. The minimum Gasteiger partial charge on any atom is -0.456 e. The van der Waals surface area contributed by atoms with Crippen molar-refractivity contribution in [2.24, 2.45) is 0 Å². The normalized spacial score (nSPS) is 10.2. The molecule has 0 aliphatic heterocycles. The zero-order chi connectivity index (χ0) is 13.7. The Labute approximate surface area is 125 Å². The van der Waals surface area contributed by atoms with Crippen LogP contribution in [0, 0.1) is 11.3 Å². The average Bonchev–Trinajstić information content (AvgIpc) is 2.41. The Hall–Kier alpha value is -1.34. The van der Waals surface area contributed by atoms with Crippen molar-refractivity contribution in [3.05, 3.63) is 54.1 Å². The lowest BCUT2D eigenvalue weighted by molar-refractivity contribution is 0.471. The van der Waals surface area contributed by atoms with Gasteiger partial charge in [0.25, 0.3) is 0 Å². The van der Waals surface area contributed by atoms with Crippen molar-refractivity contribution < 1.29 is 4.74 Å². The predicted octanol–water partition coefficient (Wildman–Crippen LogP) is 5.20. The first-order valence-corrected chi connectivity index (χ1v) is 7.16. The number of ether oxygens (including phenoxy) is 1. The molecule has 0 saturated carbocycles. The summed E-state index contributed by atoms with van der Waals surface area (Å²) in [7, 11) is 0. The molecule has 0 unspecified atom stereocenters. The maximum atomic E-state index is 8.74. The van der Waals surface area contributed by atoms with E-state index in [1.54, 1.807) is 24.3 Å². The van der Waals surface area contributed by atoms with E-state index in [9.17, 15) is 0 Å². The molecule has 2 nitrogen and oxygen atoms in total. The van der Waals surface area contributed by atoms with Crippen molar-refractivity contribution in [3.8, 4) is 17.6 Å². The van der Waals surface area contributed by atoms with Crippen molar-refractivity contribution in [3.63, 3.8) is 0 Å². The van der Waals surface area contributed by atoms with Gasteiger partial charge in [0, 0.05) is 0 Å². The van der Waals surface area contributed by atoms with Crippen LogP contribution in [-0.2, 0) is 0 Å². The quantitative estimate of drug-likeness (QED) is 0.574. The molecule has 2 rings (SSSR count). The van der Waals surface area contributed by atoms with Gasteiger partial charge in [0.15, 0.2) is 4.17 Å². The summed E-state index contributed by atoms with van der Waals surface area (Å²) in [6.45, 7) is 0. The van der Waals surface area contributed by atoms with Gasteiger partial charge in [-0.15, -0.1) is 0 Å². The first kappa shape index (κ1) is 14.1. The first-order chi connectivity index (χ1) is 9.19. The molecule has 0 bridgehead atoms. The second-order valence-electron chi connectivity index (χ2n) is 3.56. The number of thioether (sulfide) groups is 1. The van der Waals surface area contributed by atoms with Crippen molar-refractivity contribution >= 4 is 35.0 Å². The summed E-state index contributed by atoms with van der Waals surface area (Å²) in [5, 5.41) is 8.74. The molecule has 0 saturated heterocycles. The molecule has 0 N–H and O–H groups in total. The van der Waals surface area contributed by atoms with Gasteiger partial charge >= 0.3 is 0 Å². The molecular weight excluding hydrogens is 301 g/mol. The maximum absolute atomic E-state index is 8.74. The third-order valence-corrected chi connectivity index (χ3v) is 3.58. The van der Waals surface area contributed by atoms with Crippen LogP contribution < -0.4 is 4.74 Å². The summed E-state index contributed by atoms with van der Waals surface area (Å²) in [4.78, 5) is 0.863. The van der Waals surface area contributed by atoms with Gasteiger partial charge in [-0.3, -0.25) is 0 Å². The van der Waals surface area contributed by atoms with Gasteiger partial charge in [-0.25, -0.2) is 0 Å². The van der Waals surface area contributed by atoms with Crippen LogP contribution in [-0.4, -0.2) is 4.17 Å². The summed E-state index contributed by atoms with van der Waals surface area (Å²) in [6.07, 6.45) is 0. The average molecular weight is 310 g/mol. The number of rotatable bonds is 4. The molecule has 0 atom stereocenters. The topological polar surface area (TPSA) is 33.0 Å². The second-order valence-corrected chi connectivity index (χ2v) is 6.32. The summed E-state index contributed by atoms with van der Waals surface area (Å²) < 4.78 is 5.21. The third-order valence-electron chi connectivity index (χ3n) is 2.28. The zero-order valence-corrected chi connectivity index (χ0v) is 12.0. The van der Waals surface area contributed by atoms with Crippen molar-refractivity contribution in [2.45, 2.75) is 9.06 Å². The van der Waals surface area contributed by atoms with Crippen molar-refractivity contribution in [2.75, 3.05) is 0 Å². The molecule has 0 radical (unpaired) electrons. The van der Waals surface area contributed by atoms with Crippen LogP contribution in [0.1, 0.15) is 5.56 Å². The van der Waals surface area contributed by atoms with Crippen molar-refractivity contribution in [1.29, 1.82) is 5.26 Å². The highest BCUT2D eigenvalue weighted by Crippen LogP contribution is 2.37. The number of benzene rings is 2. The van der Waals surface area contributed by atoms with E-state index in [0.29, 0.717) is 17.1 Å². The van der Waals surface area contributed by atoms with Crippen molar-refractivity contribution in [1.82, 2.24) is 0 Å². The Bertz CT molecular complexity index is 593. The van der Waals surface area contributed by atoms with Crippen LogP contribution in [0.25, 0.3) is 0 Å². The largest absolute Gasteiger partial charge is 0.456 e. The summed E-state index contributed by atoms with van der Waals surface area (Å²) in [6, 6.07) is 16.5. The highest BCUT2D eigenvalue weighted by atomic mass is 35.5. The molecule has 2 aromatic rings. The molecular formula is C14H9Cl2NOS. The molecule has 0 spiro atoms. The van der Waals surface area contributed by atoms with E-state index in [1.165, 1.54) is 11.8 Å². The highest BCUT2D eigenvalue weighted by molar-refractivity contribution is 8.02. The van der Waals surface area contributed by atoms with Crippen LogP contribution in [0.5, 0.6) is 11.5 Å². The fourth-order valence-corrected chi connectivity index (χ4v) is 2.60. The minimum absolute atomic E-state index is 0.550. The van der Waals surface area contributed by atoms with Gasteiger partial charge in [0.05, 0.1) is 16.5 Å². The number of para-hydroxylation sites is 1. The standard InChI is InChI=1S/C14H9Cl2NOS/c15-14(16)19-13-4-2-1-3-12(13)18-11-7-5-10(9-17)6-8-11/h1-8,14H. The maximum Gasteiger partial charge on any atom is 0.157 e. The predicted molar refractivity (Wildman–Crippen MR) is 79.0 cm³/mol. The third kappa shape index (κ3) is 4.07. The number of nitriles is 1. The van der Waals surface area contributed by atoms with E-state index in [0.717, 1.165) is 4.90 Å². The Morgan fingerprint density at radius 2 is 1.74 bits per heavy atom. The van der Waals surface area contributed by atoms with Crippen LogP contribution in [0.3, 0.4) is 0 Å². The number of halogens is 2. The van der Waals surface area contributed by atoms with E-state index in [1.807, 2.05) is 24.3 Å². The molecule has 2 aromatic carbocycles. The summed E-state index contributed by atoms with van der Waals surface area (Å²) in [5.74, 6) is 1.34. The van der Waals surface area contributed by atoms with E-state index < -0.39 is 4.17 Å². The molecule has 0 amide bonds. The molecule has 5 heteroatoms. The van der Waals surface area contributed by atoms with Crippen LogP contribution in [0.2, 0.25) is 0 Å². The minimum atomic E-state index is -0.550. The molecule has 19 heavy (non-hydrogen) atoms. The van der Waals surface area contributed by atoms with E-state index in [4.69, 9.17) is 33.2 Å². The monoisotopic (exact) mass is 309 g/mol. The number of alkyl halides is 2.